The third-order valence-corrected chi connectivity index (χ3v) is 3.93. The van der Waals surface area contributed by atoms with Crippen LogP contribution >= 0.6 is 24.0 Å². The van der Waals surface area contributed by atoms with Crippen molar-refractivity contribution in [3.63, 3.8) is 0 Å². The number of aliphatic imine (C=N–C) groups is 1. The Balaban J connectivity index is 0.00000484. The molecule has 1 fully saturated rings. The number of amides is 1. The number of hydrogen-bond donors (Lipinski definition) is 2. The van der Waals surface area contributed by atoms with E-state index in [4.69, 9.17) is 0 Å². The number of rotatable bonds is 9. The van der Waals surface area contributed by atoms with Crippen molar-refractivity contribution in [2.24, 2.45) is 10.9 Å². The molecule has 23 heavy (non-hydrogen) atoms. The summed E-state index contributed by atoms with van der Waals surface area (Å²) in [6.07, 6.45) is 5.05. The van der Waals surface area contributed by atoms with Gasteiger partial charge in [-0.1, -0.05) is 13.8 Å². The quantitative estimate of drug-likeness (QED) is 0.252. The Labute approximate surface area is 159 Å². The van der Waals surface area contributed by atoms with E-state index < -0.39 is 0 Å². The highest BCUT2D eigenvalue weighted by Crippen LogP contribution is 2.09. The van der Waals surface area contributed by atoms with Crippen molar-refractivity contribution in [1.29, 1.82) is 0 Å². The highest BCUT2D eigenvalue weighted by Gasteiger charge is 2.18. The molecule has 1 amide bonds. The lowest BCUT2D eigenvalue weighted by Gasteiger charge is -2.19. The highest BCUT2D eigenvalue weighted by molar-refractivity contribution is 14.0. The lowest BCUT2D eigenvalue weighted by molar-refractivity contribution is -0.127. The standard InChI is InChI=1S/C17H34N4O.HI/c1-5-18-17(20-15(4)10-9-14(2)3)19-11-7-13-21-12-6-8-16(21)22;/h14-15H,5-13H2,1-4H3,(H2,18,19,20);1H. The molecule has 1 heterocycles. The lowest BCUT2D eigenvalue weighted by Crippen LogP contribution is -2.42. The minimum atomic E-state index is 0. The molecule has 1 atom stereocenters. The molecular formula is C17H35IN4O. The summed E-state index contributed by atoms with van der Waals surface area (Å²) in [5.41, 5.74) is 0. The van der Waals surface area contributed by atoms with Crippen LogP contribution in [0.1, 0.15) is 59.8 Å². The first-order valence-electron chi connectivity index (χ1n) is 8.85. The molecule has 0 radical (unpaired) electrons. The summed E-state index contributed by atoms with van der Waals surface area (Å²) < 4.78 is 0. The molecule has 5 nitrogen and oxygen atoms in total. The fourth-order valence-corrected chi connectivity index (χ4v) is 2.60. The van der Waals surface area contributed by atoms with Gasteiger partial charge >= 0.3 is 0 Å². The van der Waals surface area contributed by atoms with Crippen molar-refractivity contribution in [3.8, 4) is 0 Å². The van der Waals surface area contributed by atoms with Gasteiger partial charge in [0.2, 0.25) is 5.91 Å². The van der Waals surface area contributed by atoms with Gasteiger partial charge < -0.3 is 15.5 Å². The zero-order valence-electron chi connectivity index (χ0n) is 15.2. The number of nitrogens with one attached hydrogen (secondary N) is 2. The minimum absolute atomic E-state index is 0. The molecular weight excluding hydrogens is 403 g/mol. The predicted octanol–water partition coefficient (Wildman–Crippen LogP) is 3.00. The van der Waals surface area contributed by atoms with Gasteiger partial charge in [0.05, 0.1) is 0 Å². The molecule has 1 rings (SSSR count). The monoisotopic (exact) mass is 438 g/mol. The van der Waals surface area contributed by atoms with E-state index in [0.29, 0.717) is 11.9 Å². The average molecular weight is 438 g/mol. The molecule has 1 aliphatic rings. The summed E-state index contributed by atoms with van der Waals surface area (Å²) in [6, 6.07) is 0.431. The smallest absolute Gasteiger partial charge is 0.222 e. The maximum atomic E-state index is 11.5. The summed E-state index contributed by atoms with van der Waals surface area (Å²) in [5, 5.41) is 6.77. The van der Waals surface area contributed by atoms with E-state index in [2.05, 4.69) is 43.3 Å². The first-order valence-corrected chi connectivity index (χ1v) is 8.85. The van der Waals surface area contributed by atoms with E-state index in [0.717, 1.165) is 63.7 Å². The second kappa shape index (κ2) is 12.8. The second-order valence-electron chi connectivity index (χ2n) is 6.62. The first-order chi connectivity index (χ1) is 10.5. The van der Waals surface area contributed by atoms with Crippen LogP contribution in [-0.2, 0) is 4.79 Å². The Bertz CT molecular complexity index is 361. The van der Waals surface area contributed by atoms with Gasteiger partial charge in [-0.15, -0.1) is 24.0 Å². The predicted molar refractivity (Wildman–Crippen MR) is 108 cm³/mol. The molecule has 0 saturated carbocycles. The molecule has 0 aromatic heterocycles. The van der Waals surface area contributed by atoms with Crippen LogP contribution in [0.25, 0.3) is 0 Å². The van der Waals surface area contributed by atoms with Gasteiger partial charge in [-0.2, -0.15) is 0 Å². The number of carbonyl (C=O) groups is 1. The largest absolute Gasteiger partial charge is 0.357 e. The van der Waals surface area contributed by atoms with Crippen molar-refractivity contribution in [1.82, 2.24) is 15.5 Å². The number of halogens is 1. The Kier molecular flexibility index (Phi) is 12.5. The Morgan fingerprint density at radius 1 is 1.30 bits per heavy atom. The van der Waals surface area contributed by atoms with Crippen LogP contribution < -0.4 is 10.6 Å². The molecule has 0 aromatic carbocycles. The number of hydrogen-bond acceptors (Lipinski definition) is 2. The number of carbonyl (C=O) groups excluding carboxylic acids is 1. The molecule has 1 saturated heterocycles. The van der Waals surface area contributed by atoms with Crippen LogP contribution in [0.5, 0.6) is 0 Å². The third kappa shape index (κ3) is 10.0. The van der Waals surface area contributed by atoms with Crippen molar-refractivity contribution >= 4 is 35.8 Å². The van der Waals surface area contributed by atoms with Crippen LogP contribution in [-0.4, -0.2) is 49.0 Å². The fourth-order valence-electron chi connectivity index (χ4n) is 2.60. The van der Waals surface area contributed by atoms with E-state index in [1.165, 1.54) is 6.42 Å². The van der Waals surface area contributed by atoms with E-state index in [1.807, 2.05) is 4.90 Å². The highest BCUT2D eigenvalue weighted by atomic mass is 127. The molecule has 1 unspecified atom stereocenters. The van der Waals surface area contributed by atoms with Crippen molar-refractivity contribution < 1.29 is 4.79 Å². The van der Waals surface area contributed by atoms with Crippen LogP contribution in [0.2, 0.25) is 0 Å². The average Bonchev–Trinajstić information content (AvgIpc) is 2.87. The van der Waals surface area contributed by atoms with E-state index in [9.17, 15) is 4.79 Å². The second-order valence-corrected chi connectivity index (χ2v) is 6.62. The molecule has 6 heteroatoms. The molecule has 0 aromatic rings. The van der Waals surface area contributed by atoms with Gasteiger partial charge in [-0.05, 0) is 45.4 Å². The van der Waals surface area contributed by atoms with Gasteiger partial charge in [0.25, 0.3) is 0 Å². The minimum Gasteiger partial charge on any atom is -0.357 e. The van der Waals surface area contributed by atoms with Gasteiger partial charge in [0.1, 0.15) is 0 Å². The molecule has 0 bridgehead atoms. The third-order valence-electron chi connectivity index (χ3n) is 3.93. The van der Waals surface area contributed by atoms with E-state index in [-0.39, 0.29) is 24.0 Å². The lowest BCUT2D eigenvalue weighted by atomic mass is 10.0. The molecule has 136 valence electrons. The normalized spacial score (nSPS) is 16.5. The van der Waals surface area contributed by atoms with Crippen molar-refractivity contribution in [2.45, 2.75) is 65.8 Å². The number of likely N-dealkylation sites (tertiary alicyclic amines) is 1. The SMILES string of the molecule is CCNC(=NCCCN1CCCC1=O)NC(C)CCC(C)C.I. The maximum absolute atomic E-state index is 11.5. The Morgan fingerprint density at radius 3 is 2.61 bits per heavy atom. The number of guanidine groups is 1. The number of nitrogens with zero attached hydrogens (tertiary/aromatic N) is 2. The molecule has 0 aliphatic carbocycles. The summed E-state index contributed by atoms with van der Waals surface area (Å²) in [5.74, 6) is 1.93. The zero-order chi connectivity index (χ0) is 16.4. The van der Waals surface area contributed by atoms with Gasteiger partial charge in [-0.3, -0.25) is 9.79 Å². The van der Waals surface area contributed by atoms with Gasteiger partial charge in [-0.25, -0.2) is 0 Å². The fraction of sp³-hybridized carbons (Fsp3) is 0.882. The van der Waals surface area contributed by atoms with Gasteiger partial charge in [0, 0.05) is 38.6 Å². The Morgan fingerprint density at radius 2 is 2.04 bits per heavy atom. The molecule has 2 N–H and O–H groups in total. The van der Waals surface area contributed by atoms with Crippen LogP contribution in [0.15, 0.2) is 4.99 Å². The summed E-state index contributed by atoms with van der Waals surface area (Å²) in [4.78, 5) is 18.1. The summed E-state index contributed by atoms with van der Waals surface area (Å²) in [7, 11) is 0. The van der Waals surface area contributed by atoms with Crippen LogP contribution in [0.3, 0.4) is 0 Å². The topological polar surface area (TPSA) is 56.7 Å². The Hall–Kier alpha value is -0.530. The summed E-state index contributed by atoms with van der Waals surface area (Å²) in [6.45, 7) is 12.2. The maximum Gasteiger partial charge on any atom is 0.222 e. The van der Waals surface area contributed by atoms with E-state index >= 15 is 0 Å². The first kappa shape index (κ1) is 22.5. The van der Waals surface area contributed by atoms with Gasteiger partial charge in [0.15, 0.2) is 5.96 Å². The van der Waals surface area contributed by atoms with E-state index in [1.54, 1.807) is 0 Å². The molecule has 1 aliphatic heterocycles. The van der Waals surface area contributed by atoms with Crippen molar-refractivity contribution in [2.75, 3.05) is 26.2 Å². The summed E-state index contributed by atoms with van der Waals surface area (Å²) >= 11 is 0. The molecule has 0 spiro atoms. The van der Waals surface area contributed by atoms with Crippen molar-refractivity contribution in [3.05, 3.63) is 0 Å². The zero-order valence-corrected chi connectivity index (χ0v) is 17.6. The van der Waals surface area contributed by atoms with Crippen LogP contribution in [0.4, 0.5) is 0 Å². The van der Waals surface area contributed by atoms with Crippen LogP contribution in [0, 0.1) is 5.92 Å².